The molecule has 104 valence electrons. The molecule has 19 heavy (non-hydrogen) atoms. The maximum absolute atomic E-state index is 11.7. The molecule has 0 aliphatic carbocycles. The van der Waals surface area contributed by atoms with Crippen LogP contribution in [0.3, 0.4) is 0 Å². The molecule has 1 rings (SSSR count). The first-order valence-corrected chi connectivity index (χ1v) is 6.12. The van der Waals surface area contributed by atoms with Crippen LogP contribution in [0.15, 0.2) is 18.2 Å². The number of rotatable bonds is 6. The van der Waals surface area contributed by atoms with Crippen LogP contribution >= 0.6 is 0 Å². The Hall–Kier alpha value is -2.04. The van der Waals surface area contributed by atoms with Crippen molar-refractivity contribution in [2.75, 3.05) is 20.3 Å². The lowest BCUT2D eigenvalue weighted by molar-refractivity contribution is -0.139. The zero-order valence-corrected chi connectivity index (χ0v) is 11.4. The highest BCUT2D eigenvalue weighted by Gasteiger charge is 2.15. The molecule has 0 aliphatic rings. The van der Waals surface area contributed by atoms with Gasteiger partial charge in [-0.15, -0.1) is 0 Å². The van der Waals surface area contributed by atoms with Crippen LogP contribution in [0.4, 0.5) is 0 Å². The van der Waals surface area contributed by atoms with Crippen LogP contribution in [-0.2, 0) is 20.7 Å². The van der Waals surface area contributed by atoms with E-state index in [4.69, 9.17) is 9.47 Å². The molecular weight excluding hydrogens is 248 g/mol. The number of ether oxygens (including phenoxy) is 3. The number of carbonyl (C=O) groups excluding carboxylic acids is 2. The monoisotopic (exact) mass is 266 g/mol. The fourth-order valence-corrected chi connectivity index (χ4v) is 1.57. The van der Waals surface area contributed by atoms with Gasteiger partial charge in [-0.2, -0.15) is 0 Å². The summed E-state index contributed by atoms with van der Waals surface area (Å²) in [5.74, 6) is -0.357. The molecule has 0 radical (unpaired) electrons. The van der Waals surface area contributed by atoms with Gasteiger partial charge in [0.05, 0.1) is 26.7 Å². The van der Waals surface area contributed by atoms with E-state index in [0.717, 1.165) is 5.56 Å². The number of hydrogen-bond acceptors (Lipinski definition) is 5. The third-order valence-corrected chi connectivity index (χ3v) is 2.42. The van der Waals surface area contributed by atoms with Crippen molar-refractivity contribution in [3.05, 3.63) is 29.3 Å². The van der Waals surface area contributed by atoms with Crippen molar-refractivity contribution in [1.29, 1.82) is 0 Å². The minimum absolute atomic E-state index is 0.139. The second kappa shape index (κ2) is 7.41. The number of hydrogen-bond donors (Lipinski definition) is 0. The summed E-state index contributed by atoms with van der Waals surface area (Å²) >= 11 is 0. The summed E-state index contributed by atoms with van der Waals surface area (Å²) in [5.41, 5.74) is 1.08. The molecule has 0 atom stereocenters. The lowest BCUT2D eigenvalue weighted by atomic mass is 10.1. The predicted octanol–water partition coefficient (Wildman–Crippen LogP) is 1.98. The Kier molecular flexibility index (Phi) is 5.85. The summed E-state index contributed by atoms with van der Waals surface area (Å²) < 4.78 is 15.0. The van der Waals surface area contributed by atoms with E-state index in [1.165, 1.54) is 7.11 Å². The SMILES string of the molecule is CCOC(=O)c1ccc(CC(=O)OC)cc1OCC. The van der Waals surface area contributed by atoms with Gasteiger partial charge in [-0.25, -0.2) is 4.79 Å². The molecule has 0 heterocycles. The third kappa shape index (κ3) is 4.28. The van der Waals surface area contributed by atoms with Crippen LogP contribution in [0, 0.1) is 0 Å². The van der Waals surface area contributed by atoms with E-state index in [1.807, 2.05) is 6.92 Å². The van der Waals surface area contributed by atoms with Crippen LogP contribution in [0.2, 0.25) is 0 Å². The highest BCUT2D eigenvalue weighted by Crippen LogP contribution is 2.22. The van der Waals surface area contributed by atoms with Gasteiger partial charge in [0.2, 0.25) is 0 Å². The van der Waals surface area contributed by atoms with Crippen molar-refractivity contribution in [2.45, 2.75) is 20.3 Å². The van der Waals surface area contributed by atoms with Crippen molar-refractivity contribution in [2.24, 2.45) is 0 Å². The highest BCUT2D eigenvalue weighted by molar-refractivity contribution is 5.92. The van der Waals surface area contributed by atoms with E-state index in [-0.39, 0.29) is 12.4 Å². The fraction of sp³-hybridized carbons (Fsp3) is 0.429. The Morgan fingerprint density at radius 3 is 2.47 bits per heavy atom. The maximum atomic E-state index is 11.7. The number of carbonyl (C=O) groups is 2. The zero-order chi connectivity index (χ0) is 14.3. The summed E-state index contributed by atoms with van der Waals surface area (Å²) in [7, 11) is 1.33. The minimum atomic E-state index is -0.435. The van der Waals surface area contributed by atoms with Crippen molar-refractivity contribution in [3.8, 4) is 5.75 Å². The van der Waals surface area contributed by atoms with Crippen molar-refractivity contribution < 1.29 is 23.8 Å². The second-order valence-electron chi connectivity index (χ2n) is 3.74. The van der Waals surface area contributed by atoms with Gasteiger partial charge in [-0.3, -0.25) is 4.79 Å². The molecule has 5 nitrogen and oxygen atoms in total. The molecule has 0 unspecified atom stereocenters. The van der Waals surface area contributed by atoms with Gasteiger partial charge in [0.25, 0.3) is 0 Å². The standard InChI is InChI=1S/C14H18O5/c1-4-18-12-8-10(9-13(15)17-3)6-7-11(12)14(16)19-5-2/h6-8H,4-5,9H2,1-3H3. The van der Waals surface area contributed by atoms with Crippen LogP contribution in [0.5, 0.6) is 5.75 Å². The third-order valence-electron chi connectivity index (χ3n) is 2.42. The number of benzene rings is 1. The topological polar surface area (TPSA) is 61.8 Å². The predicted molar refractivity (Wildman–Crippen MR) is 69.3 cm³/mol. The first-order valence-electron chi connectivity index (χ1n) is 6.12. The largest absolute Gasteiger partial charge is 0.493 e. The quantitative estimate of drug-likeness (QED) is 0.737. The summed E-state index contributed by atoms with van der Waals surface area (Å²) in [6.07, 6.45) is 0.139. The van der Waals surface area contributed by atoms with Crippen LogP contribution in [0.25, 0.3) is 0 Å². The van der Waals surface area contributed by atoms with Gasteiger partial charge >= 0.3 is 11.9 Å². The molecule has 1 aromatic carbocycles. The van der Waals surface area contributed by atoms with E-state index >= 15 is 0 Å². The Labute approximate surface area is 112 Å². The summed E-state index contributed by atoms with van der Waals surface area (Å²) in [5, 5.41) is 0. The van der Waals surface area contributed by atoms with E-state index in [9.17, 15) is 9.59 Å². The molecule has 0 saturated heterocycles. The fourth-order valence-electron chi connectivity index (χ4n) is 1.57. The van der Waals surface area contributed by atoms with E-state index in [0.29, 0.717) is 24.5 Å². The molecule has 1 aromatic rings. The average Bonchev–Trinajstić information content (AvgIpc) is 2.39. The van der Waals surface area contributed by atoms with E-state index in [1.54, 1.807) is 25.1 Å². The van der Waals surface area contributed by atoms with Crippen molar-refractivity contribution in [1.82, 2.24) is 0 Å². The summed E-state index contributed by atoms with van der Waals surface area (Å²) in [6, 6.07) is 4.94. The number of methoxy groups -OCH3 is 1. The van der Waals surface area contributed by atoms with E-state index in [2.05, 4.69) is 4.74 Å². The lowest BCUT2D eigenvalue weighted by Crippen LogP contribution is -2.10. The second-order valence-corrected chi connectivity index (χ2v) is 3.74. The van der Waals surface area contributed by atoms with Gasteiger partial charge < -0.3 is 14.2 Å². The van der Waals surface area contributed by atoms with Crippen LogP contribution in [-0.4, -0.2) is 32.3 Å². The molecule has 0 aliphatic heterocycles. The molecule has 0 aromatic heterocycles. The first kappa shape index (κ1) is 15.0. The Morgan fingerprint density at radius 1 is 1.16 bits per heavy atom. The van der Waals surface area contributed by atoms with Crippen LogP contribution < -0.4 is 4.74 Å². The van der Waals surface area contributed by atoms with Crippen LogP contribution in [0.1, 0.15) is 29.8 Å². The summed E-state index contributed by atoms with van der Waals surface area (Å²) in [4.78, 5) is 23.0. The van der Waals surface area contributed by atoms with Gasteiger partial charge in [-0.05, 0) is 31.5 Å². The Morgan fingerprint density at radius 2 is 1.89 bits per heavy atom. The molecule has 0 spiro atoms. The van der Waals surface area contributed by atoms with Crippen molar-refractivity contribution in [3.63, 3.8) is 0 Å². The summed E-state index contributed by atoms with van der Waals surface area (Å²) in [6.45, 7) is 4.29. The molecule has 0 amide bonds. The van der Waals surface area contributed by atoms with Gasteiger partial charge in [0.1, 0.15) is 11.3 Å². The molecule has 0 saturated carbocycles. The average molecular weight is 266 g/mol. The Bertz CT molecular complexity index is 453. The Balaban J connectivity index is 3.00. The smallest absolute Gasteiger partial charge is 0.341 e. The van der Waals surface area contributed by atoms with E-state index < -0.39 is 5.97 Å². The molecule has 5 heteroatoms. The first-order chi connectivity index (χ1) is 9.12. The number of esters is 2. The normalized spacial score (nSPS) is 9.84. The molecule has 0 fully saturated rings. The van der Waals surface area contributed by atoms with Gasteiger partial charge in [-0.1, -0.05) is 6.07 Å². The highest BCUT2D eigenvalue weighted by atomic mass is 16.5. The van der Waals surface area contributed by atoms with Gasteiger partial charge in [0.15, 0.2) is 0 Å². The molecule has 0 N–H and O–H groups in total. The molecular formula is C14H18O5. The zero-order valence-electron chi connectivity index (χ0n) is 11.4. The lowest BCUT2D eigenvalue weighted by Gasteiger charge is -2.11. The maximum Gasteiger partial charge on any atom is 0.341 e. The molecule has 0 bridgehead atoms. The van der Waals surface area contributed by atoms with Crippen molar-refractivity contribution >= 4 is 11.9 Å². The van der Waals surface area contributed by atoms with Gasteiger partial charge in [0, 0.05) is 0 Å². The minimum Gasteiger partial charge on any atom is -0.493 e.